The summed E-state index contributed by atoms with van der Waals surface area (Å²) in [5, 5.41) is 21.9. The highest BCUT2D eigenvalue weighted by Gasteiger charge is 2.14. The molecule has 312 valence electrons. The highest BCUT2D eigenvalue weighted by atomic mass is 32.1. The first kappa shape index (κ1) is 46.3. The monoisotopic (exact) mass is 819 g/mol. The number of ether oxygens (including phenoxy) is 1. The molecule has 0 radical (unpaired) electrons. The molecular formula is C38H53N13O6S. The first-order chi connectivity index (χ1) is 28.0. The van der Waals surface area contributed by atoms with E-state index in [9.17, 15) is 19.2 Å². The van der Waals surface area contributed by atoms with Gasteiger partial charge in [0.1, 0.15) is 6.29 Å². The Morgan fingerprint density at radius 2 is 1.64 bits per heavy atom. The molecule has 0 aliphatic heterocycles. The van der Waals surface area contributed by atoms with Crippen molar-refractivity contribution in [2.24, 2.45) is 5.73 Å². The standard InChI is InChI=1S/C36H49N13O5S.C2H4O/c1-54-20-19-39-15-16-40-28(31(37)51)13-6-23-4-9-26(10-5-23)47-36(55)43-18-17-41-29(50)3-2-14-42-33(52)24-7-11-25(12-8-24)44-21-27-22-45-32-30(46-27)34(53)49-35(38)48-32;1-2-3/h4-5,7-12,22,28,39-40,44H,2-3,6,13-21H2,1H3,(H2,37,51)(H,41,50)(H,42,52)(H2,43,47,55)(H3,38,45,48,49,53);2H,1H3. The van der Waals surface area contributed by atoms with Gasteiger partial charge in [-0.05, 0) is 80.4 Å². The zero-order valence-electron chi connectivity index (χ0n) is 32.7. The van der Waals surface area contributed by atoms with Crippen molar-refractivity contribution in [3.05, 3.63) is 81.9 Å². The number of nitrogens with two attached hydrogens (primary N) is 2. The summed E-state index contributed by atoms with van der Waals surface area (Å²) in [6.45, 7) is 5.61. The van der Waals surface area contributed by atoms with E-state index in [0.29, 0.717) is 81.5 Å². The number of aromatic nitrogens is 4. The Kier molecular flexibility index (Phi) is 20.7. The minimum atomic E-state index is -0.465. The number of hydrogen-bond donors (Lipinski definition) is 10. The van der Waals surface area contributed by atoms with Crippen molar-refractivity contribution in [3.63, 3.8) is 0 Å². The first-order valence-electron chi connectivity index (χ1n) is 18.7. The number of benzene rings is 2. The van der Waals surface area contributed by atoms with Crippen LogP contribution < -0.4 is 54.2 Å². The first-order valence-corrected chi connectivity index (χ1v) is 19.1. The molecule has 58 heavy (non-hydrogen) atoms. The molecule has 4 aromatic rings. The van der Waals surface area contributed by atoms with Gasteiger partial charge in [-0.15, -0.1) is 0 Å². The number of nitrogen functional groups attached to an aromatic ring is 1. The molecule has 0 bridgehead atoms. The molecule has 0 aliphatic rings. The third-order valence-electron chi connectivity index (χ3n) is 8.16. The second kappa shape index (κ2) is 25.9. The number of nitrogens with zero attached hydrogens (tertiary/aromatic N) is 3. The van der Waals surface area contributed by atoms with Gasteiger partial charge in [0.25, 0.3) is 11.5 Å². The lowest BCUT2D eigenvalue weighted by molar-refractivity contribution is -0.121. The minimum absolute atomic E-state index is 0.0265. The van der Waals surface area contributed by atoms with Crippen LogP contribution in [0, 0.1) is 0 Å². The Hall–Kier alpha value is -6.09. The number of anilines is 3. The summed E-state index contributed by atoms with van der Waals surface area (Å²) >= 11 is 5.38. The topological polar surface area (TPSA) is 285 Å². The van der Waals surface area contributed by atoms with Crippen LogP contribution in [0.1, 0.15) is 47.8 Å². The summed E-state index contributed by atoms with van der Waals surface area (Å²) in [4.78, 5) is 72.4. The van der Waals surface area contributed by atoms with Gasteiger partial charge < -0.3 is 58.2 Å². The van der Waals surface area contributed by atoms with Crippen molar-refractivity contribution in [3.8, 4) is 0 Å². The van der Waals surface area contributed by atoms with Crippen LogP contribution in [0.25, 0.3) is 11.2 Å². The van der Waals surface area contributed by atoms with Crippen molar-refractivity contribution in [1.29, 1.82) is 0 Å². The molecule has 2 aromatic heterocycles. The maximum Gasteiger partial charge on any atom is 0.280 e. The summed E-state index contributed by atoms with van der Waals surface area (Å²) in [5.41, 5.74) is 14.5. The normalized spacial score (nSPS) is 11.1. The minimum Gasteiger partial charge on any atom is -0.383 e. The number of aromatic amines is 1. The molecule has 0 fully saturated rings. The zero-order chi connectivity index (χ0) is 42.1. The number of carbonyl (C=O) groups excluding carboxylic acids is 4. The van der Waals surface area contributed by atoms with Gasteiger partial charge in [-0.3, -0.25) is 24.2 Å². The molecule has 0 saturated carbocycles. The fourth-order valence-corrected chi connectivity index (χ4v) is 5.45. The van der Waals surface area contributed by atoms with E-state index in [1.807, 2.05) is 24.3 Å². The fourth-order valence-electron chi connectivity index (χ4n) is 5.23. The van der Waals surface area contributed by atoms with Crippen molar-refractivity contribution >= 4 is 69.8 Å². The number of amides is 3. The van der Waals surface area contributed by atoms with E-state index >= 15 is 0 Å². The van der Waals surface area contributed by atoms with Gasteiger partial charge in [0.15, 0.2) is 16.3 Å². The number of thiocarbonyl (C=S) groups is 1. The van der Waals surface area contributed by atoms with Gasteiger partial charge in [0.2, 0.25) is 17.8 Å². The Morgan fingerprint density at radius 1 is 0.931 bits per heavy atom. The van der Waals surface area contributed by atoms with Crippen LogP contribution in [0.5, 0.6) is 0 Å². The van der Waals surface area contributed by atoms with E-state index in [2.05, 4.69) is 57.2 Å². The van der Waals surface area contributed by atoms with Crippen molar-refractivity contribution in [1.82, 2.24) is 46.5 Å². The highest BCUT2D eigenvalue weighted by Crippen LogP contribution is 2.13. The maximum atomic E-state index is 12.6. The quantitative estimate of drug-likeness (QED) is 0.0274. The molecule has 2 aromatic carbocycles. The SMILES string of the molecule is CC=O.COCCNCCNC(CCc1ccc(NC(=S)NCCNC(=O)CCCNC(=O)c2ccc(NCc3cnc4nc(N)[nH]c(=O)c4n3)cc2)cc1)C(N)=O. The van der Waals surface area contributed by atoms with E-state index in [1.165, 1.54) is 13.1 Å². The average Bonchev–Trinajstić information content (AvgIpc) is 3.20. The molecule has 0 aliphatic carbocycles. The molecule has 2 heterocycles. The second-order valence-corrected chi connectivity index (χ2v) is 13.0. The van der Waals surface area contributed by atoms with Crippen LogP contribution >= 0.6 is 12.2 Å². The van der Waals surface area contributed by atoms with Gasteiger partial charge in [-0.25, -0.2) is 9.97 Å². The number of H-pyrrole nitrogens is 1. The van der Waals surface area contributed by atoms with Crippen LogP contribution in [0.15, 0.2) is 59.5 Å². The van der Waals surface area contributed by atoms with Gasteiger partial charge in [0.05, 0.1) is 31.1 Å². The van der Waals surface area contributed by atoms with E-state index in [-0.39, 0.29) is 41.3 Å². The number of primary amides is 1. The maximum absolute atomic E-state index is 12.6. The van der Waals surface area contributed by atoms with Crippen LogP contribution in [-0.2, 0) is 32.1 Å². The molecule has 1 atom stereocenters. The van der Waals surface area contributed by atoms with Crippen molar-refractivity contribution in [2.75, 3.05) is 69.4 Å². The van der Waals surface area contributed by atoms with Crippen molar-refractivity contribution < 1.29 is 23.9 Å². The fraction of sp³-hybridized carbons (Fsp3) is 0.395. The smallest absolute Gasteiger partial charge is 0.280 e. The summed E-state index contributed by atoms with van der Waals surface area (Å²) in [6, 6.07) is 14.2. The average molecular weight is 820 g/mol. The number of carbonyl (C=O) groups is 4. The number of rotatable bonds is 23. The number of methoxy groups -OCH3 is 1. The number of fused-ring (bicyclic) bond motifs is 1. The van der Waals surface area contributed by atoms with E-state index in [4.69, 9.17) is 33.2 Å². The third kappa shape index (κ3) is 17.4. The molecular weight excluding hydrogens is 767 g/mol. The van der Waals surface area contributed by atoms with Gasteiger partial charge >= 0.3 is 0 Å². The lowest BCUT2D eigenvalue weighted by atomic mass is 10.0. The number of aldehydes is 1. The molecule has 4 rings (SSSR count). The van der Waals surface area contributed by atoms with Crippen molar-refractivity contribution in [2.45, 2.75) is 45.2 Å². The summed E-state index contributed by atoms with van der Waals surface area (Å²) in [5.74, 6) is -0.781. The van der Waals surface area contributed by atoms with Crippen LogP contribution in [0.4, 0.5) is 17.3 Å². The molecule has 0 spiro atoms. The summed E-state index contributed by atoms with van der Waals surface area (Å²) < 4.78 is 5.00. The van der Waals surface area contributed by atoms with E-state index in [1.54, 1.807) is 31.4 Å². The zero-order valence-corrected chi connectivity index (χ0v) is 33.5. The van der Waals surface area contributed by atoms with Crippen LogP contribution in [0.2, 0.25) is 0 Å². The Balaban J connectivity index is 0.00000291. The molecule has 19 nitrogen and oxygen atoms in total. The lowest BCUT2D eigenvalue weighted by Gasteiger charge is -2.16. The van der Waals surface area contributed by atoms with E-state index < -0.39 is 11.6 Å². The van der Waals surface area contributed by atoms with Gasteiger partial charge in [-0.1, -0.05) is 12.1 Å². The van der Waals surface area contributed by atoms with Crippen LogP contribution in [0.3, 0.4) is 0 Å². The number of aryl methyl sites for hydroxylation is 1. The van der Waals surface area contributed by atoms with Crippen LogP contribution in [-0.4, -0.2) is 108 Å². The number of nitrogens with one attached hydrogen (secondary N) is 8. The molecule has 12 N–H and O–H groups in total. The Morgan fingerprint density at radius 3 is 2.34 bits per heavy atom. The largest absolute Gasteiger partial charge is 0.383 e. The lowest BCUT2D eigenvalue weighted by Crippen LogP contribution is -2.44. The Labute approximate surface area is 341 Å². The molecule has 20 heteroatoms. The summed E-state index contributed by atoms with van der Waals surface area (Å²) in [6.07, 6.45) is 4.27. The van der Waals surface area contributed by atoms with Gasteiger partial charge in [0, 0.05) is 69.7 Å². The van der Waals surface area contributed by atoms with Gasteiger partial charge in [-0.2, -0.15) is 4.98 Å². The van der Waals surface area contributed by atoms with E-state index in [0.717, 1.165) is 29.8 Å². The second-order valence-electron chi connectivity index (χ2n) is 12.6. The Bertz CT molecular complexity index is 1980. The molecule has 3 amide bonds. The molecule has 0 saturated heterocycles. The third-order valence-corrected chi connectivity index (χ3v) is 8.40. The predicted molar refractivity (Wildman–Crippen MR) is 227 cm³/mol. The number of hydrogen-bond acceptors (Lipinski definition) is 14. The summed E-state index contributed by atoms with van der Waals surface area (Å²) in [7, 11) is 1.65. The molecule has 1 unspecified atom stereocenters. The highest BCUT2D eigenvalue weighted by molar-refractivity contribution is 7.80. The predicted octanol–water partition coefficient (Wildman–Crippen LogP) is 0.338.